The molecule has 2 aromatic rings. The highest BCUT2D eigenvalue weighted by Gasteiger charge is 2.40. The van der Waals surface area contributed by atoms with E-state index >= 15 is 0 Å². The predicted octanol–water partition coefficient (Wildman–Crippen LogP) is 3.76. The molecule has 0 radical (unpaired) electrons. The molecule has 0 unspecified atom stereocenters. The highest BCUT2D eigenvalue weighted by Crippen LogP contribution is 2.37. The van der Waals surface area contributed by atoms with Gasteiger partial charge in [0.15, 0.2) is 0 Å². The fourth-order valence-electron chi connectivity index (χ4n) is 2.76. The van der Waals surface area contributed by atoms with Gasteiger partial charge in [-0.2, -0.15) is 0 Å². The van der Waals surface area contributed by atoms with Gasteiger partial charge in [-0.1, -0.05) is 17.7 Å². The molecule has 0 saturated carbocycles. The summed E-state index contributed by atoms with van der Waals surface area (Å²) < 4.78 is 10.5. The van der Waals surface area contributed by atoms with Gasteiger partial charge in [0, 0.05) is 11.8 Å². The lowest BCUT2D eigenvalue weighted by atomic mass is 10.1. The van der Waals surface area contributed by atoms with Crippen molar-refractivity contribution in [2.75, 3.05) is 24.4 Å². The summed E-state index contributed by atoms with van der Waals surface area (Å²) in [6.45, 7) is 3.96. The third-order valence-electron chi connectivity index (χ3n) is 4.43. The van der Waals surface area contributed by atoms with E-state index < -0.39 is 11.8 Å². The average Bonchev–Trinajstić information content (AvgIpc) is 2.87. The normalized spacial score (nSPS) is 14.0. The summed E-state index contributed by atoms with van der Waals surface area (Å²) in [4.78, 5) is 26.6. The third-order valence-corrected chi connectivity index (χ3v) is 4.78. The van der Waals surface area contributed by atoms with Crippen LogP contribution >= 0.6 is 11.6 Å². The molecule has 1 aliphatic rings. The van der Waals surface area contributed by atoms with Crippen molar-refractivity contribution < 1.29 is 19.1 Å². The fourth-order valence-corrected chi connectivity index (χ4v) is 2.98. The van der Waals surface area contributed by atoms with Crippen LogP contribution < -0.4 is 19.7 Å². The molecular weight excluding hydrogens is 368 g/mol. The smallest absolute Gasteiger partial charge is 0.283 e. The van der Waals surface area contributed by atoms with E-state index in [1.54, 1.807) is 18.2 Å². The summed E-state index contributed by atoms with van der Waals surface area (Å²) in [6, 6.07) is 10.5. The van der Waals surface area contributed by atoms with Gasteiger partial charge < -0.3 is 14.8 Å². The lowest BCUT2D eigenvalue weighted by Gasteiger charge is -2.18. The summed E-state index contributed by atoms with van der Waals surface area (Å²) in [7, 11) is 2.97. The van der Waals surface area contributed by atoms with Gasteiger partial charge in [-0.25, -0.2) is 4.90 Å². The Kier molecular flexibility index (Phi) is 5.10. The van der Waals surface area contributed by atoms with Crippen molar-refractivity contribution in [1.82, 2.24) is 0 Å². The largest absolute Gasteiger partial charge is 0.497 e. The van der Waals surface area contributed by atoms with Gasteiger partial charge in [0.2, 0.25) is 0 Å². The zero-order valence-electron chi connectivity index (χ0n) is 15.4. The van der Waals surface area contributed by atoms with Gasteiger partial charge >= 0.3 is 0 Å². The van der Waals surface area contributed by atoms with Crippen LogP contribution in [-0.2, 0) is 9.59 Å². The Hall–Kier alpha value is -2.99. The highest BCUT2D eigenvalue weighted by molar-refractivity contribution is 6.53. The number of rotatable bonds is 5. The molecule has 0 atom stereocenters. The lowest BCUT2D eigenvalue weighted by molar-refractivity contribution is -0.120. The molecular formula is C20H19ClN2O4. The van der Waals surface area contributed by atoms with Crippen LogP contribution in [0.5, 0.6) is 11.5 Å². The second kappa shape index (κ2) is 7.32. The van der Waals surface area contributed by atoms with Crippen molar-refractivity contribution in [3.8, 4) is 11.5 Å². The Morgan fingerprint density at radius 1 is 0.926 bits per heavy atom. The summed E-state index contributed by atoms with van der Waals surface area (Å²) >= 11 is 6.18. The molecule has 0 bridgehead atoms. The van der Waals surface area contributed by atoms with Gasteiger partial charge in [0.25, 0.3) is 11.8 Å². The molecule has 1 aliphatic heterocycles. The molecule has 3 rings (SSSR count). The number of nitrogens with one attached hydrogen (secondary N) is 1. The van der Waals surface area contributed by atoms with Gasteiger partial charge in [0.1, 0.15) is 22.2 Å². The van der Waals surface area contributed by atoms with Crippen LogP contribution in [0.15, 0.2) is 47.1 Å². The Morgan fingerprint density at radius 2 is 1.67 bits per heavy atom. The molecule has 1 N–H and O–H groups in total. The molecule has 2 amide bonds. The topological polar surface area (TPSA) is 67.9 Å². The Labute approximate surface area is 162 Å². The Bertz CT molecular complexity index is 968. The number of halogens is 1. The molecule has 0 aliphatic carbocycles. The van der Waals surface area contributed by atoms with E-state index in [1.165, 1.54) is 14.2 Å². The maximum absolute atomic E-state index is 12.9. The van der Waals surface area contributed by atoms with Gasteiger partial charge in [-0.05, 0) is 49.2 Å². The number of imide groups is 1. The first kappa shape index (κ1) is 18.8. The summed E-state index contributed by atoms with van der Waals surface area (Å²) in [5.41, 5.74) is 3.18. The van der Waals surface area contributed by atoms with Crippen LogP contribution in [-0.4, -0.2) is 26.0 Å². The number of methoxy groups -OCH3 is 2. The minimum atomic E-state index is -0.614. The monoisotopic (exact) mass is 386 g/mol. The number of carbonyl (C=O) groups excluding carboxylic acids is 2. The van der Waals surface area contributed by atoms with E-state index in [1.807, 2.05) is 32.0 Å². The first-order valence-corrected chi connectivity index (χ1v) is 8.60. The van der Waals surface area contributed by atoms with E-state index in [9.17, 15) is 9.59 Å². The molecule has 0 aromatic heterocycles. The number of aryl methyl sites for hydroxylation is 2. The van der Waals surface area contributed by atoms with E-state index in [2.05, 4.69) is 5.32 Å². The van der Waals surface area contributed by atoms with Crippen LogP contribution in [0.4, 0.5) is 11.4 Å². The number of hydrogen-bond donors (Lipinski definition) is 1. The third kappa shape index (κ3) is 3.36. The Morgan fingerprint density at radius 3 is 2.30 bits per heavy atom. The van der Waals surface area contributed by atoms with E-state index in [0.717, 1.165) is 16.0 Å². The molecule has 6 nitrogen and oxygen atoms in total. The van der Waals surface area contributed by atoms with E-state index in [0.29, 0.717) is 22.9 Å². The van der Waals surface area contributed by atoms with Crippen molar-refractivity contribution in [2.24, 2.45) is 0 Å². The number of anilines is 2. The van der Waals surface area contributed by atoms with Crippen LogP contribution in [0.1, 0.15) is 11.1 Å². The molecule has 0 saturated heterocycles. The second-order valence-corrected chi connectivity index (χ2v) is 6.47. The first-order chi connectivity index (χ1) is 12.9. The SMILES string of the molecule is COc1ccc(N2C(=O)C(Cl)=C(Nc3ccc(C)c(C)c3)C2=O)c(OC)c1. The number of ether oxygens (including phenoxy) is 2. The summed E-state index contributed by atoms with van der Waals surface area (Å²) in [5.74, 6) is -0.293. The van der Waals surface area contributed by atoms with Gasteiger partial charge in [-0.15, -0.1) is 0 Å². The number of benzene rings is 2. The minimum absolute atomic E-state index is 0.0304. The van der Waals surface area contributed by atoms with Crippen molar-refractivity contribution in [2.45, 2.75) is 13.8 Å². The maximum atomic E-state index is 12.9. The second-order valence-electron chi connectivity index (χ2n) is 6.10. The van der Waals surface area contributed by atoms with Gasteiger partial charge in [0.05, 0.1) is 19.9 Å². The maximum Gasteiger partial charge on any atom is 0.283 e. The van der Waals surface area contributed by atoms with Crippen LogP contribution in [0, 0.1) is 13.8 Å². The zero-order valence-corrected chi connectivity index (χ0v) is 16.2. The first-order valence-electron chi connectivity index (χ1n) is 8.22. The number of hydrogen-bond acceptors (Lipinski definition) is 5. The standard InChI is InChI=1S/C20H19ClN2O4/c1-11-5-6-13(9-12(11)2)22-18-17(21)19(24)23(20(18)25)15-8-7-14(26-3)10-16(15)27-4/h5-10,22H,1-4H3. The lowest BCUT2D eigenvalue weighted by Crippen LogP contribution is -2.32. The molecule has 0 spiro atoms. The molecule has 27 heavy (non-hydrogen) atoms. The molecule has 2 aromatic carbocycles. The molecule has 140 valence electrons. The van der Waals surface area contributed by atoms with Crippen molar-refractivity contribution in [3.63, 3.8) is 0 Å². The number of nitrogens with zero attached hydrogens (tertiary/aromatic N) is 1. The summed E-state index contributed by atoms with van der Waals surface area (Å²) in [5, 5.41) is 2.80. The molecule has 0 fully saturated rings. The number of amides is 2. The van der Waals surface area contributed by atoms with E-state index in [-0.39, 0.29) is 10.7 Å². The predicted molar refractivity (Wildman–Crippen MR) is 104 cm³/mol. The Balaban J connectivity index is 1.95. The molecule has 1 heterocycles. The van der Waals surface area contributed by atoms with E-state index in [4.69, 9.17) is 21.1 Å². The average molecular weight is 387 g/mol. The molecule has 7 heteroatoms. The number of carbonyl (C=O) groups is 2. The van der Waals surface area contributed by atoms with Gasteiger partial charge in [-0.3, -0.25) is 9.59 Å². The fraction of sp³-hybridized carbons (Fsp3) is 0.200. The van der Waals surface area contributed by atoms with Crippen molar-refractivity contribution in [1.29, 1.82) is 0 Å². The zero-order chi connectivity index (χ0) is 19.7. The quantitative estimate of drug-likeness (QED) is 0.792. The summed E-state index contributed by atoms with van der Waals surface area (Å²) in [6.07, 6.45) is 0. The van der Waals surface area contributed by atoms with Crippen LogP contribution in [0.3, 0.4) is 0 Å². The van der Waals surface area contributed by atoms with Crippen molar-refractivity contribution >= 4 is 34.8 Å². The highest BCUT2D eigenvalue weighted by atomic mass is 35.5. The minimum Gasteiger partial charge on any atom is -0.497 e. The van der Waals surface area contributed by atoms with Crippen LogP contribution in [0.25, 0.3) is 0 Å². The van der Waals surface area contributed by atoms with Crippen LogP contribution in [0.2, 0.25) is 0 Å². The van der Waals surface area contributed by atoms with Crippen molar-refractivity contribution in [3.05, 3.63) is 58.3 Å².